The number of fused-ring (bicyclic) bond motifs is 1. The molecule has 4 aromatic rings. The maximum Gasteiger partial charge on any atom is 0.274 e. The van der Waals surface area contributed by atoms with E-state index in [4.69, 9.17) is 4.99 Å². The third kappa shape index (κ3) is 4.05. The molecule has 1 amide bonds. The lowest BCUT2D eigenvalue weighted by atomic mass is 10.1. The lowest BCUT2D eigenvalue weighted by molar-refractivity contribution is -0.113. The highest BCUT2D eigenvalue weighted by Crippen LogP contribution is 2.50. The zero-order valence-corrected chi connectivity index (χ0v) is 20.6. The van der Waals surface area contributed by atoms with E-state index in [2.05, 4.69) is 41.3 Å². The SMILES string of the molecule is CN1/C(=C2/SC(=Nc3ccc(-c4ccccc4)cc3)N(c3ccccc3)C2=O)Sc2ccccc21. The molecule has 0 bridgehead atoms. The Morgan fingerprint density at radius 2 is 1.31 bits per heavy atom. The molecule has 35 heavy (non-hydrogen) atoms. The topological polar surface area (TPSA) is 35.9 Å². The quantitative estimate of drug-likeness (QED) is 0.278. The maximum absolute atomic E-state index is 13.8. The minimum Gasteiger partial charge on any atom is -0.337 e. The molecular weight excluding hydrogens is 470 g/mol. The molecule has 2 aliphatic rings. The number of benzene rings is 4. The standard InChI is InChI=1S/C29H21N3OS2/c1-31-24-14-8-9-15-25(24)34-28(31)26-27(33)32(23-12-6-3-7-13-23)29(35-26)30-22-18-16-21(17-19-22)20-10-4-2-5-11-20/h2-19H,1H3/b28-26-,30-29?. The summed E-state index contributed by atoms with van der Waals surface area (Å²) in [6.45, 7) is 0. The number of nitrogens with zero attached hydrogens (tertiary/aromatic N) is 3. The van der Waals surface area contributed by atoms with Crippen molar-refractivity contribution in [1.82, 2.24) is 0 Å². The van der Waals surface area contributed by atoms with E-state index in [-0.39, 0.29) is 5.91 Å². The zero-order chi connectivity index (χ0) is 23.8. The van der Waals surface area contributed by atoms with Gasteiger partial charge in [0.25, 0.3) is 5.91 Å². The monoisotopic (exact) mass is 491 g/mol. The van der Waals surface area contributed by atoms with E-state index in [1.54, 1.807) is 16.7 Å². The summed E-state index contributed by atoms with van der Waals surface area (Å²) in [7, 11) is 2.01. The van der Waals surface area contributed by atoms with Crippen molar-refractivity contribution >= 4 is 51.7 Å². The first-order valence-corrected chi connectivity index (χ1v) is 12.9. The number of para-hydroxylation sites is 2. The summed E-state index contributed by atoms with van der Waals surface area (Å²) in [6.07, 6.45) is 0. The van der Waals surface area contributed by atoms with Crippen molar-refractivity contribution in [2.75, 3.05) is 16.8 Å². The number of rotatable bonds is 3. The summed E-state index contributed by atoms with van der Waals surface area (Å²) < 4.78 is 0. The van der Waals surface area contributed by atoms with Crippen LogP contribution in [0.25, 0.3) is 11.1 Å². The van der Waals surface area contributed by atoms with Crippen molar-refractivity contribution in [2.24, 2.45) is 4.99 Å². The average molecular weight is 492 g/mol. The fraction of sp³-hybridized carbons (Fsp3) is 0.0345. The summed E-state index contributed by atoms with van der Waals surface area (Å²) in [5.41, 5.74) is 5.03. The molecule has 0 aromatic heterocycles. The number of hydrogen-bond donors (Lipinski definition) is 0. The largest absolute Gasteiger partial charge is 0.337 e. The zero-order valence-electron chi connectivity index (χ0n) is 19.0. The Kier molecular flexibility index (Phi) is 5.68. The van der Waals surface area contributed by atoms with E-state index in [0.29, 0.717) is 10.1 Å². The summed E-state index contributed by atoms with van der Waals surface area (Å²) in [6, 6.07) is 36.4. The van der Waals surface area contributed by atoms with Gasteiger partial charge in [0.1, 0.15) is 4.91 Å². The van der Waals surface area contributed by atoms with Crippen molar-refractivity contribution in [3.05, 3.63) is 119 Å². The molecule has 0 spiro atoms. The van der Waals surface area contributed by atoms with Gasteiger partial charge in [-0.05, 0) is 59.3 Å². The molecule has 0 unspecified atom stereocenters. The van der Waals surface area contributed by atoms with Gasteiger partial charge in [0.15, 0.2) is 5.17 Å². The molecule has 1 fully saturated rings. The van der Waals surface area contributed by atoms with Crippen molar-refractivity contribution in [3.8, 4) is 11.1 Å². The Bertz CT molecular complexity index is 1470. The Hall–Kier alpha value is -3.74. The molecule has 2 heterocycles. The molecule has 6 heteroatoms. The number of amides is 1. The van der Waals surface area contributed by atoms with Gasteiger partial charge in [0, 0.05) is 11.9 Å². The van der Waals surface area contributed by atoms with E-state index < -0.39 is 0 Å². The van der Waals surface area contributed by atoms with Crippen LogP contribution in [0.2, 0.25) is 0 Å². The first kappa shape index (κ1) is 21.8. The summed E-state index contributed by atoms with van der Waals surface area (Å²) in [5.74, 6) is -0.0528. The van der Waals surface area contributed by atoms with Crippen LogP contribution >= 0.6 is 23.5 Å². The van der Waals surface area contributed by atoms with Gasteiger partial charge < -0.3 is 4.90 Å². The molecule has 0 radical (unpaired) electrons. The molecule has 4 nitrogen and oxygen atoms in total. The summed E-state index contributed by atoms with van der Waals surface area (Å²) in [4.78, 5) is 24.3. The summed E-state index contributed by atoms with van der Waals surface area (Å²) >= 11 is 3.06. The second kappa shape index (κ2) is 9.13. The number of amidine groups is 1. The van der Waals surface area contributed by atoms with Crippen LogP contribution in [0.4, 0.5) is 17.1 Å². The minimum absolute atomic E-state index is 0.0528. The van der Waals surface area contributed by atoms with E-state index in [9.17, 15) is 4.79 Å². The Morgan fingerprint density at radius 3 is 2.03 bits per heavy atom. The number of thioether (sulfide) groups is 2. The van der Waals surface area contributed by atoms with Crippen LogP contribution in [0.1, 0.15) is 0 Å². The van der Waals surface area contributed by atoms with Crippen LogP contribution in [0.3, 0.4) is 0 Å². The van der Waals surface area contributed by atoms with Crippen LogP contribution in [-0.2, 0) is 4.79 Å². The van der Waals surface area contributed by atoms with Crippen LogP contribution in [-0.4, -0.2) is 18.1 Å². The predicted octanol–water partition coefficient (Wildman–Crippen LogP) is 7.53. The third-order valence-electron chi connectivity index (χ3n) is 5.93. The molecule has 1 saturated heterocycles. The maximum atomic E-state index is 13.8. The average Bonchev–Trinajstić information content (AvgIpc) is 3.41. The predicted molar refractivity (Wildman–Crippen MR) is 148 cm³/mol. The fourth-order valence-electron chi connectivity index (χ4n) is 4.15. The van der Waals surface area contributed by atoms with Gasteiger partial charge in [0.05, 0.1) is 22.1 Å². The summed E-state index contributed by atoms with van der Waals surface area (Å²) in [5, 5.41) is 1.59. The second-order valence-electron chi connectivity index (χ2n) is 8.15. The van der Waals surface area contributed by atoms with Gasteiger partial charge in [-0.3, -0.25) is 9.69 Å². The van der Waals surface area contributed by atoms with Crippen molar-refractivity contribution in [1.29, 1.82) is 0 Å². The van der Waals surface area contributed by atoms with Crippen molar-refractivity contribution in [3.63, 3.8) is 0 Å². The number of carbonyl (C=O) groups excluding carboxylic acids is 1. The lowest BCUT2D eigenvalue weighted by Gasteiger charge is -2.16. The van der Waals surface area contributed by atoms with Crippen molar-refractivity contribution in [2.45, 2.75) is 4.90 Å². The second-order valence-corrected chi connectivity index (χ2v) is 10.2. The molecule has 6 rings (SSSR count). The number of carbonyl (C=O) groups is 1. The molecule has 0 saturated carbocycles. The smallest absolute Gasteiger partial charge is 0.274 e. The number of aliphatic imine (C=N–C) groups is 1. The van der Waals surface area contributed by atoms with E-state index in [1.165, 1.54) is 11.8 Å². The van der Waals surface area contributed by atoms with Crippen molar-refractivity contribution < 1.29 is 4.79 Å². The number of hydrogen-bond acceptors (Lipinski definition) is 5. The highest BCUT2D eigenvalue weighted by Gasteiger charge is 2.40. The first-order chi connectivity index (χ1) is 17.2. The highest BCUT2D eigenvalue weighted by molar-refractivity contribution is 8.20. The molecule has 4 aromatic carbocycles. The van der Waals surface area contributed by atoms with Gasteiger partial charge in [-0.2, -0.15) is 0 Å². The molecule has 0 aliphatic carbocycles. The van der Waals surface area contributed by atoms with E-state index in [0.717, 1.165) is 38.1 Å². The van der Waals surface area contributed by atoms with Gasteiger partial charge in [0.2, 0.25) is 0 Å². The lowest BCUT2D eigenvalue weighted by Crippen LogP contribution is -2.29. The van der Waals surface area contributed by atoms with Crippen LogP contribution in [0.15, 0.2) is 129 Å². The fourth-order valence-corrected chi connectivity index (χ4v) is 6.50. The van der Waals surface area contributed by atoms with E-state index >= 15 is 0 Å². The molecule has 0 N–H and O–H groups in total. The third-order valence-corrected chi connectivity index (χ3v) is 8.32. The molecule has 2 aliphatic heterocycles. The molecular formula is C29H21N3OS2. The van der Waals surface area contributed by atoms with Gasteiger partial charge in [-0.25, -0.2) is 4.99 Å². The van der Waals surface area contributed by atoms with Gasteiger partial charge in [-0.15, -0.1) is 0 Å². The van der Waals surface area contributed by atoms with Gasteiger partial charge >= 0.3 is 0 Å². The molecule has 0 atom stereocenters. The van der Waals surface area contributed by atoms with Crippen LogP contribution < -0.4 is 9.80 Å². The number of anilines is 2. The Labute approximate surface area is 213 Å². The highest BCUT2D eigenvalue weighted by atomic mass is 32.2. The molecule has 170 valence electrons. The Balaban J connectivity index is 1.39. The normalized spacial score (nSPS) is 18.4. The van der Waals surface area contributed by atoms with Crippen LogP contribution in [0, 0.1) is 0 Å². The van der Waals surface area contributed by atoms with E-state index in [1.807, 2.05) is 79.8 Å². The first-order valence-electron chi connectivity index (χ1n) is 11.3. The van der Waals surface area contributed by atoms with Gasteiger partial charge in [-0.1, -0.05) is 84.6 Å². The van der Waals surface area contributed by atoms with Crippen LogP contribution in [0.5, 0.6) is 0 Å². The Morgan fingerprint density at radius 1 is 0.686 bits per heavy atom. The minimum atomic E-state index is -0.0528.